The van der Waals surface area contributed by atoms with Crippen LogP contribution in [-0.2, 0) is 0 Å². The molecular formula is C18H27N3O. The van der Waals surface area contributed by atoms with Gasteiger partial charge in [0.2, 0.25) is 0 Å². The Labute approximate surface area is 133 Å². The van der Waals surface area contributed by atoms with Crippen LogP contribution in [0.4, 0.5) is 0 Å². The van der Waals surface area contributed by atoms with Gasteiger partial charge in [-0.2, -0.15) is 0 Å². The van der Waals surface area contributed by atoms with E-state index in [2.05, 4.69) is 36.2 Å². The Morgan fingerprint density at radius 1 is 1.14 bits per heavy atom. The van der Waals surface area contributed by atoms with Crippen LogP contribution < -0.4 is 5.32 Å². The number of benzene rings is 1. The highest BCUT2D eigenvalue weighted by atomic mass is 16.2. The largest absolute Gasteiger partial charge is 0.336 e. The maximum atomic E-state index is 12.6. The number of carbonyl (C=O) groups excluding carboxylic acids is 1. The topological polar surface area (TPSA) is 35.6 Å². The molecule has 0 bridgehead atoms. The predicted molar refractivity (Wildman–Crippen MR) is 89.3 cm³/mol. The lowest BCUT2D eigenvalue weighted by Crippen LogP contribution is -2.52. The molecule has 1 aromatic carbocycles. The minimum absolute atomic E-state index is 0.180. The zero-order chi connectivity index (χ0) is 15.5. The van der Waals surface area contributed by atoms with Crippen molar-refractivity contribution < 1.29 is 4.79 Å². The second-order valence-corrected chi connectivity index (χ2v) is 6.75. The Bertz CT molecular complexity index is 498. The second-order valence-electron chi connectivity index (χ2n) is 6.75. The summed E-state index contributed by atoms with van der Waals surface area (Å²) in [4.78, 5) is 17.1. The Hall–Kier alpha value is -1.39. The van der Waals surface area contributed by atoms with Gasteiger partial charge in [0.1, 0.15) is 0 Å². The molecule has 4 nitrogen and oxygen atoms in total. The summed E-state index contributed by atoms with van der Waals surface area (Å²) in [6, 6.07) is 8.79. The van der Waals surface area contributed by atoms with Crippen LogP contribution in [0.25, 0.3) is 0 Å². The Kier molecular flexibility index (Phi) is 4.79. The average molecular weight is 301 g/mol. The van der Waals surface area contributed by atoms with Crippen LogP contribution in [0.15, 0.2) is 24.3 Å². The zero-order valence-electron chi connectivity index (χ0n) is 13.7. The summed E-state index contributed by atoms with van der Waals surface area (Å²) in [6.07, 6.45) is 1.24. The van der Waals surface area contributed by atoms with Crippen LogP contribution >= 0.6 is 0 Å². The van der Waals surface area contributed by atoms with E-state index in [1.165, 1.54) is 12.0 Å². The molecule has 1 N–H and O–H groups in total. The highest BCUT2D eigenvalue weighted by Crippen LogP contribution is 2.17. The summed E-state index contributed by atoms with van der Waals surface area (Å²) in [5, 5.41) is 3.42. The van der Waals surface area contributed by atoms with E-state index >= 15 is 0 Å². The molecule has 1 aromatic rings. The maximum Gasteiger partial charge on any atom is 0.253 e. The van der Waals surface area contributed by atoms with Gasteiger partial charge in [-0.1, -0.05) is 26.0 Å². The lowest BCUT2D eigenvalue weighted by Gasteiger charge is -2.37. The number of amides is 1. The normalized spacial score (nSPS) is 23.2. The SMILES string of the molecule is CC(C)c1ccc(C(=O)N2CCN(C3CCNC3)CC2)cc1. The van der Waals surface area contributed by atoms with Gasteiger partial charge < -0.3 is 10.2 Å². The predicted octanol–water partition coefficient (Wildman–Crippen LogP) is 1.93. The highest BCUT2D eigenvalue weighted by Gasteiger charge is 2.28. The first-order valence-corrected chi connectivity index (χ1v) is 8.49. The van der Waals surface area contributed by atoms with Gasteiger partial charge in [0.15, 0.2) is 0 Å². The second kappa shape index (κ2) is 6.80. The molecule has 2 aliphatic rings. The van der Waals surface area contributed by atoms with Gasteiger partial charge in [-0.15, -0.1) is 0 Å². The molecule has 0 spiro atoms. The van der Waals surface area contributed by atoms with Crippen molar-refractivity contribution in [1.82, 2.24) is 15.1 Å². The van der Waals surface area contributed by atoms with Gasteiger partial charge in [-0.25, -0.2) is 0 Å². The number of hydrogen-bond donors (Lipinski definition) is 1. The van der Waals surface area contributed by atoms with Crippen molar-refractivity contribution in [1.29, 1.82) is 0 Å². The van der Waals surface area contributed by atoms with E-state index in [1.54, 1.807) is 0 Å². The van der Waals surface area contributed by atoms with Crippen molar-refractivity contribution in [3.05, 3.63) is 35.4 Å². The molecule has 0 aliphatic carbocycles. The van der Waals surface area contributed by atoms with E-state index in [0.29, 0.717) is 12.0 Å². The number of carbonyl (C=O) groups is 1. The third-order valence-corrected chi connectivity index (χ3v) is 4.98. The smallest absolute Gasteiger partial charge is 0.253 e. The van der Waals surface area contributed by atoms with Gasteiger partial charge in [0.25, 0.3) is 5.91 Å². The van der Waals surface area contributed by atoms with Crippen molar-refractivity contribution in [2.45, 2.75) is 32.2 Å². The first kappa shape index (κ1) is 15.5. The summed E-state index contributed by atoms with van der Waals surface area (Å²) in [5.74, 6) is 0.687. The Morgan fingerprint density at radius 2 is 1.82 bits per heavy atom. The molecule has 120 valence electrons. The molecule has 0 radical (unpaired) electrons. The third kappa shape index (κ3) is 3.33. The minimum atomic E-state index is 0.180. The first-order chi connectivity index (χ1) is 10.6. The highest BCUT2D eigenvalue weighted by molar-refractivity contribution is 5.94. The molecule has 2 heterocycles. The van der Waals surface area contributed by atoms with Crippen molar-refractivity contribution >= 4 is 5.91 Å². The zero-order valence-corrected chi connectivity index (χ0v) is 13.7. The molecule has 1 unspecified atom stereocenters. The molecule has 2 saturated heterocycles. The van der Waals surface area contributed by atoms with E-state index in [9.17, 15) is 4.79 Å². The summed E-state index contributed by atoms with van der Waals surface area (Å²) in [5.41, 5.74) is 2.11. The van der Waals surface area contributed by atoms with Gasteiger partial charge in [-0.05, 0) is 36.6 Å². The van der Waals surface area contributed by atoms with Crippen molar-refractivity contribution in [2.24, 2.45) is 0 Å². The first-order valence-electron chi connectivity index (χ1n) is 8.49. The summed E-state index contributed by atoms with van der Waals surface area (Å²) < 4.78 is 0. The summed E-state index contributed by atoms with van der Waals surface area (Å²) in [7, 11) is 0. The summed E-state index contributed by atoms with van der Waals surface area (Å²) in [6.45, 7) is 10.3. The van der Waals surface area contributed by atoms with Crippen LogP contribution in [0, 0.1) is 0 Å². The summed E-state index contributed by atoms with van der Waals surface area (Å²) >= 11 is 0. The minimum Gasteiger partial charge on any atom is -0.336 e. The van der Waals surface area contributed by atoms with Crippen LogP contribution in [0.3, 0.4) is 0 Å². The Morgan fingerprint density at radius 3 is 2.36 bits per heavy atom. The monoisotopic (exact) mass is 301 g/mol. The van der Waals surface area contributed by atoms with E-state index < -0.39 is 0 Å². The van der Waals surface area contributed by atoms with Gasteiger partial charge in [-0.3, -0.25) is 9.69 Å². The molecule has 1 atom stereocenters. The fourth-order valence-electron chi connectivity index (χ4n) is 3.43. The molecule has 2 aliphatic heterocycles. The molecule has 4 heteroatoms. The van der Waals surface area contributed by atoms with Crippen LogP contribution in [0.2, 0.25) is 0 Å². The molecule has 0 saturated carbocycles. The van der Waals surface area contributed by atoms with E-state index in [1.807, 2.05) is 17.0 Å². The molecule has 3 rings (SSSR count). The number of piperazine rings is 1. The fraction of sp³-hybridized carbons (Fsp3) is 0.611. The van der Waals surface area contributed by atoms with Crippen molar-refractivity contribution in [3.8, 4) is 0 Å². The molecular weight excluding hydrogens is 274 g/mol. The van der Waals surface area contributed by atoms with E-state index in [4.69, 9.17) is 0 Å². The van der Waals surface area contributed by atoms with Crippen LogP contribution in [0.5, 0.6) is 0 Å². The lowest BCUT2D eigenvalue weighted by molar-refractivity contribution is 0.0584. The fourth-order valence-corrected chi connectivity index (χ4v) is 3.43. The number of hydrogen-bond acceptors (Lipinski definition) is 3. The number of rotatable bonds is 3. The molecule has 22 heavy (non-hydrogen) atoms. The quantitative estimate of drug-likeness (QED) is 0.926. The van der Waals surface area contributed by atoms with Gasteiger partial charge in [0, 0.05) is 44.3 Å². The van der Waals surface area contributed by atoms with Crippen molar-refractivity contribution in [2.75, 3.05) is 39.3 Å². The lowest BCUT2D eigenvalue weighted by atomic mass is 10.0. The van der Waals surface area contributed by atoms with Gasteiger partial charge >= 0.3 is 0 Å². The Balaban J connectivity index is 1.57. The van der Waals surface area contributed by atoms with Crippen LogP contribution in [-0.4, -0.2) is 61.0 Å². The van der Waals surface area contributed by atoms with Crippen LogP contribution in [0.1, 0.15) is 42.1 Å². The number of nitrogens with one attached hydrogen (secondary N) is 1. The molecule has 2 fully saturated rings. The maximum absolute atomic E-state index is 12.6. The van der Waals surface area contributed by atoms with E-state index in [-0.39, 0.29) is 5.91 Å². The third-order valence-electron chi connectivity index (χ3n) is 4.98. The number of nitrogens with zero attached hydrogens (tertiary/aromatic N) is 2. The molecule has 1 amide bonds. The average Bonchev–Trinajstić information content (AvgIpc) is 3.09. The van der Waals surface area contributed by atoms with E-state index in [0.717, 1.165) is 44.8 Å². The van der Waals surface area contributed by atoms with Gasteiger partial charge in [0.05, 0.1) is 0 Å². The standard InChI is InChI=1S/C18H27N3O/c1-14(2)15-3-5-16(6-4-15)18(22)21-11-9-20(10-12-21)17-7-8-19-13-17/h3-6,14,17,19H,7-13H2,1-2H3. The van der Waals surface area contributed by atoms with Crippen molar-refractivity contribution in [3.63, 3.8) is 0 Å². The molecule has 0 aromatic heterocycles.